The first kappa shape index (κ1) is 13.1. The molecule has 0 amide bonds. The van der Waals surface area contributed by atoms with Crippen molar-refractivity contribution >= 4 is 39.8 Å². The Morgan fingerprint density at radius 1 is 1.00 bits per heavy atom. The summed E-state index contributed by atoms with van der Waals surface area (Å²) in [5, 5.41) is 1.37. The van der Waals surface area contributed by atoms with Crippen molar-refractivity contribution in [2.75, 3.05) is 18.0 Å². The first-order valence-electron chi connectivity index (χ1n) is 6.94. The minimum Gasteiger partial charge on any atom is -0.356 e. The average Bonchev–Trinajstić information content (AvgIpc) is 3.05. The molecule has 0 spiro atoms. The third-order valence-electron chi connectivity index (χ3n) is 4.14. The van der Waals surface area contributed by atoms with Crippen LogP contribution in [0.15, 0.2) is 6.33 Å². The summed E-state index contributed by atoms with van der Waals surface area (Å²) < 4.78 is 0. The van der Waals surface area contributed by atoms with Crippen LogP contribution < -0.4 is 4.90 Å². The lowest BCUT2D eigenvalue weighted by atomic mass is 9.97. The minimum atomic E-state index is 0. The van der Waals surface area contributed by atoms with Crippen molar-refractivity contribution in [3.8, 4) is 0 Å². The Labute approximate surface area is 123 Å². The number of aromatic nitrogens is 2. The summed E-state index contributed by atoms with van der Waals surface area (Å²) in [5.74, 6) is 1.21. The van der Waals surface area contributed by atoms with E-state index in [2.05, 4.69) is 14.9 Å². The number of halogens is 1. The van der Waals surface area contributed by atoms with E-state index in [1.165, 1.54) is 54.6 Å². The topological polar surface area (TPSA) is 29.0 Å². The summed E-state index contributed by atoms with van der Waals surface area (Å²) >= 11 is 1.89. The second kappa shape index (κ2) is 5.25. The van der Waals surface area contributed by atoms with E-state index >= 15 is 0 Å². The molecule has 19 heavy (non-hydrogen) atoms. The van der Waals surface area contributed by atoms with Crippen molar-refractivity contribution in [3.63, 3.8) is 0 Å². The molecule has 1 aliphatic carbocycles. The van der Waals surface area contributed by atoms with Gasteiger partial charge in [0, 0.05) is 18.0 Å². The predicted molar refractivity (Wildman–Crippen MR) is 82.8 cm³/mol. The van der Waals surface area contributed by atoms with E-state index in [0.717, 1.165) is 13.1 Å². The third-order valence-corrected chi connectivity index (χ3v) is 5.34. The Balaban J connectivity index is 0.00000110. The molecule has 0 atom stereocenters. The molecule has 3 nitrogen and oxygen atoms in total. The summed E-state index contributed by atoms with van der Waals surface area (Å²) in [5.41, 5.74) is 1.56. The van der Waals surface area contributed by atoms with Crippen LogP contribution in [0.2, 0.25) is 0 Å². The monoisotopic (exact) mass is 295 g/mol. The van der Waals surface area contributed by atoms with Crippen LogP contribution in [0.4, 0.5) is 5.82 Å². The van der Waals surface area contributed by atoms with Crippen LogP contribution in [0.25, 0.3) is 10.2 Å². The van der Waals surface area contributed by atoms with E-state index in [9.17, 15) is 0 Å². The van der Waals surface area contributed by atoms with Crippen LogP contribution in [0.5, 0.6) is 0 Å². The molecule has 2 aliphatic rings. The summed E-state index contributed by atoms with van der Waals surface area (Å²) in [7, 11) is 0. The normalized spacial score (nSPS) is 18.4. The molecule has 3 heterocycles. The fourth-order valence-corrected chi connectivity index (χ4v) is 4.47. The smallest absolute Gasteiger partial charge is 0.141 e. The first-order chi connectivity index (χ1) is 8.93. The van der Waals surface area contributed by atoms with Gasteiger partial charge in [-0.05, 0) is 44.1 Å². The average molecular weight is 296 g/mol. The maximum absolute atomic E-state index is 4.59. The van der Waals surface area contributed by atoms with Crippen LogP contribution in [-0.2, 0) is 12.8 Å². The lowest BCUT2D eigenvalue weighted by molar-refractivity contribution is 0.700. The number of nitrogens with zero attached hydrogens (tertiary/aromatic N) is 3. The number of rotatable bonds is 1. The van der Waals surface area contributed by atoms with Crippen molar-refractivity contribution in [1.82, 2.24) is 9.97 Å². The Bertz CT molecular complexity index is 590. The molecule has 0 radical (unpaired) electrons. The number of anilines is 1. The second-order valence-corrected chi connectivity index (χ2v) is 6.37. The zero-order valence-corrected chi connectivity index (χ0v) is 12.5. The van der Waals surface area contributed by atoms with E-state index in [1.54, 1.807) is 16.8 Å². The van der Waals surface area contributed by atoms with E-state index in [1.807, 2.05) is 11.3 Å². The van der Waals surface area contributed by atoms with Gasteiger partial charge in [0.25, 0.3) is 0 Å². The molecule has 0 unspecified atom stereocenters. The molecular weight excluding hydrogens is 278 g/mol. The molecule has 0 saturated carbocycles. The molecule has 2 aromatic rings. The van der Waals surface area contributed by atoms with Crippen molar-refractivity contribution in [1.29, 1.82) is 0 Å². The number of hydrogen-bond donors (Lipinski definition) is 0. The Morgan fingerprint density at radius 2 is 1.79 bits per heavy atom. The van der Waals surface area contributed by atoms with Crippen LogP contribution in [0, 0.1) is 0 Å². The van der Waals surface area contributed by atoms with Gasteiger partial charge >= 0.3 is 0 Å². The van der Waals surface area contributed by atoms with E-state index in [-0.39, 0.29) is 12.4 Å². The highest BCUT2D eigenvalue weighted by molar-refractivity contribution is 7.19. The fourth-order valence-electron chi connectivity index (χ4n) is 3.24. The van der Waals surface area contributed by atoms with E-state index in [4.69, 9.17) is 0 Å². The Hall–Kier alpha value is -0.870. The van der Waals surface area contributed by atoms with Crippen LogP contribution in [0.1, 0.15) is 36.1 Å². The van der Waals surface area contributed by atoms with Gasteiger partial charge in [-0.25, -0.2) is 9.97 Å². The van der Waals surface area contributed by atoms with E-state index in [0.29, 0.717) is 0 Å². The molecule has 1 fully saturated rings. The molecule has 1 saturated heterocycles. The molecule has 0 N–H and O–H groups in total. The lowest BCUT2D eigenvalue weighted by Crippen LogP contribution is -2.19. The van der Waals surface area contributed by atoms with Gasteiger partial charge in [0.1, 0.15) is 17.0 Å². The third kappa shape index (κ3) is 2.11. The summed E-state index contributed by atoms with van der Waals surface area (Å²) in [6.45, 7) is 2.33. The maximum atomic E-state index is 4.59. The quantitative estimate of drug-likeness (QED) is 0.805. The minimum absolute atomic E-state index is 0. The van der Waals surface area contributed by atoms with Gasteiger partial charge < -0.3 is 4.90 Å². The Kier molecular flexibility index (Phi) is 3.63. The van der Waals surface area contributed by atoms with Crippen molar-refractivity contribution in [2.45, 2.75) is 38.5 Å². The van der Waals surface area contributed by atoms with Gasteiger partial charge in [0.2, 0.25) is 0 Å². The molecule has 0 aromatic carbocycles. The fraction of sp³-hybridized carbons (Fsp3) is 0.571. The molecule has 4 rings (SSSR count). The summed E-state index contributed by atoms with van der Waals surface area (Å²) in [6, 6.07) is 0. The SMILES string of the molecule is Cl.c1nc(N2CCCC2)c2c3c(sc2n1)CCCC3. The molecule has 0 bridgehead atoms. The van der Waals surface area contributed by atoms with Gasteiger partial charge in [0.15, 0.2) is 0 Å². The van der Waals surface area contributed by atoms with Gasteiger partial charge in [-0.1, -0.05) is 0 Å². The van der Waals surface area contributed by atoms with Gasteiger partial charge in [-0.3, -0.25) is 0 Å². The van der Waals surface area contributed by atoms with Crippen molar-refractivity contribution in [3.05, 3.63) is 16.8 Å². The number of hydrogen-bond acceptors (Lipinski definition) is 4. The number of thiophene rings is 1. The van der Waals surface area contributed by atoms with Crippen LogP contribution >= 0.6 is 23.7 Å². The summed E-state index contributed by atoms with van der Waals surface area (Å²) in [6.07, 6.45) is 9.49. The van der Waals surface area contributed by atoms with Crippen molar-refractivity contribution < 1.29 is 0 Å². The molecule has 5 heteroatoms. The van der Waals surface area contributed by atoms with Crippen LogP contribution in [-0.4, -0.2) is 23.1 Å². The second-order valence-electron chi connectivity index (χ2n) is 5.28. The van der Waals surface area contributed by atoms with Crippen molar-refractivity contribution in [2.24, 2.45) is 0 Å². The zero-order valence-electron chi connectivity index (χ0n) is 10.9. The first-order valence-corrected chi connectivity index (χ1v) is 7.75. The highest BCUT2D eigenvalue weighted by Crippen LogP contribution is 2.39. The maximum Gasteiger partial charge on any atom is 0.141 e. The Morgan fingerprint density at radius 3 is 2.63 bits per heavy atom. The van der Waals surface area contributed by atoms with E-state index < -0.39 is 0 Å². The number of fused-ring (bicyclic) bond motifs is 3. The van der Waals surface area contributed by atoms with Gasteiger partial charge in [-0.2, -0.15) is 0 Å². The molecule has 1 aliphatic heterocycles. The zero-order chi connectivity index (χ0) is 11.9. The van der Waals surface area contributed by atoms with Gasteiger partial charge in [-0.15, -0.1) is 23.7 Å². The lowest BCUT2D eigenvalue weighted by Gasteiger charge is -2.18. The summed E-state index contributed by atoms with van der Waals surface area (Å²) in [4.78, 5) is 14.3. The highest BCUT2D eigenvalue weighted by Gasteiger charge is 2.23. The van der Waals surface area contributed by atoms with Gasteiger partial charge in [0.05, 0.1) is 5.39 Å². The molecule has 2 aromatic heterocycles. The molecule has 102 valence electrons. The largest absolute Gasteiger partial charge is 0.356 e. The highest BCUT2D eigenvalue weighted by atomic mass is 35.5. The predicted octanol–water partition coefficient (Wildman–Crippen LogP) is 3.59. The van der Waals surface area contributed by atoms with Crippen LogP contribution in [0.3, 0.4) is 0 Å². The number of aryl methyl sites for hydroxylation is 2. The molecular formula is C14H18ClN3S. The standard InChI is InChI=1S/C14H17N3S.ClH/c1-2-6-11-10(5-1)12-13(17-7-3-4-8-17)15-9-16-14(12)18-11;/h9H,1-8H2;1H.